The highest BCUT2D eigenvalue weighted by molar-refractivity contribution is 5.83. The van der Waals surface area contributed by atoms with Crippen molar-refractivity contribution in [3.63, 3.8) is 0 Å². The Balaban J connectivity index is 1.47. The summed E-state index contributed by atoms with van der Waals surface area (Å²) in [5.74, 6) is 0.656. The molecule has 2 atom stereocenters. The molecular formula is C23H29N3. The molecule has 3 aromatic rings. The number of benzene rings is 2. The minimum atomic E-state index is 0.571. The Bertz CT molecular complexity index is 852. The number of likely N-dealkylation sites (tertiary alicyclic amines) is 1. The van der Waals surface area contributed by atoms with E-state index in [0.717, 1.165) is 13.0 Å². The minimum absolute atomic E-state index is 0.571. The smallest absolute Gasteiger partial charge is 0.0459 e. The number of aromatic nitrogens is 1. The van der Waals surface area contributed by atoms with Crippen molar-refractivity contribution in [3.8, 4) is 0 Å². The average molecular weight is 348 g/mol. The van der Waals surface area contributed by atoms with Gasteiger partial charge in [-0.3, -0.25) is 0 Å². The van der Waals surface area contributed by atoms with Gasteiger partial charge in [-0.1, -0.05) is 42.5 Å². The SMILES string of the molecule is Cc1cc2c(CN[C@H]3CCN(C)C[C@H]3Cc3ccccc3)cccc2[nH]1. The van der Waals surface area contributed by atoms with E-state index < -0.39 is 0 Å². The van der Waals surface area contributed by atoms with E-state index in [9.17, 15) is 0 Å². The van der Waals surface area contributed by atoms with Gasteiger partial charge in [-0.15, -0.1) is 0 Å². The van der Waals surface area contributed by atoms with Crippen molar-refractivity contribution >= 4 is 10.9 Å². The van der Waals surface area contributed by atoms with Crippen LogP contribution in [0.4, 0.5) is 0 Å². The number of nitrogens with zero attached hydrogens (tertiary/aromatic N) is 1. The Morgan fingerprint density at radius 2 is 1.96 bits per heavy atom. The number of fused-ring (bicyclic) bond motifs is 1. The van der Waals surface area contributed by atoms with Gasteiger partial charge in [0.15, 0.2) is 0 Å². The van der Waals surface area contributed by atoms with Gasteiger partial charge in [0.05, 0.1) is 0 Å². The number of hydrogen-bond acceptors (Lipinski definition) is 2. The molecule has 1 aliphatic rings. The van der Waals surface area contributed by atoms with Crippen LogP contribution in [0.3, 0.4) is 0 Å². The molecule has 136 valence electrons. The fourth-order valence-electron chi connectivity index (χ4n) is 4.36. The van der Waals surface area contributed by atoms with Crippen LogP contribution in [0, 0.1) is 12.8 Å². The molecule has 0 amide bonds. The molecule has 0 saturated carbocycles. The first-order chi connectivity index (χ1) is 12.7. The molecule has 2 N–H and O–H groups in total. The molecule has 2 heterocycles. The van der Waals surface area contributed by atoms with Crippen LogP contribution in [-0.2, 0) is 13.0 Å². The van der Waals surface area contributed by atoms with E-state index in [-0.39, 0.29) is 0 Å². The minimum Gasteiger partial charge on any atom is -0.359 e. The summed E-state index contributed by atoms with van der Waals surface area (Å²) in [5.41, 5.74) is 5.31. The number of H-pyrrole nitrogens is 1. The van der Waals surface area contributed by atoms with Gasteiger partial charge in [0, 0.05) is 35.7 Å². The molecule has 1 fully saturated rings. The Labute approximate surface area is 156 Å². The maximum atomic E-state index is 3.89. The first-order valence-corrected chi connectivity index (χ1v) is 9.72. The molecule has 4 rings (SSSR count). The van der Waals surface area contributed by atoms with Gasteiger partial charge in [-0.05, 0) is 62.5 Å². The topological polar surface area (TPSA) is 31.1 Å². The van der Waals surface area contributed by atoms with Gasteiger partial charge < -0.3 is 15.2 Å². The zero-order chi connectivity index (χ0) is 17.9. The molecular weight excluding hydrogens is 318 g/mol. The van der Waals surface area contributed by atoms with Crippen LogP contribution in [-0.4, -0.2) is 36.1 Å². The predicted octanol–water partition coefficient (Wildman–Crippen LogP) is 4.13. The maximum Gasteiger partial charge on any atom is 0.0459 e. The van der Waals surface area contributed by atoms with Crippen molar-refractivity contribution < 1.29 is 0 Å². The molecule has 0 spiro atoms. The van der Waals surface area contributed by atoms with Gasteiger partial charge in [0.25, 0.3) is 0 Å². The number of nitrogens with one attached hydrogen (secondary N) is 2. The third-order valence-corrected chi connectivity index (χ3v) is 5.72. The fourth-order valence-corrected chi connectivity index (χ4v) is 4.36. The van der Waals surface area contributed by atoms with Crippen LogP contribution in [0.1, 0.15) is 23.2 Å². The van der Waals surface area contributed by atoms with E-state index in [1.54, 1.807) is 0 Å². The van der Waals surface area contributed by atoms with E-state index in [0.29, 0.717) is 12.0 Å². The Morgan fingerprint density at radius 1 is 1.12 bits per heavy atom. The van der Waals surface area contributed by atoms with Crippen molar-refractivity contribution in [2.24, 2.45) is 5.92 Å². The second-order valence-electron chi connectivity index (χ2n) is 7.82. The number of aryl methyl sites for hydroxylation is 1. The summed E-state index contributed by atoms with van der Waals surface area (Å²) in [6.45, 7) is 5.41. The molecule has 0 aliphatic carbocycles. The molecule has 2 aromatic carbocycles. The largest absolute Gasteiger partial charge is 0.359 e. The summed E-state index contributed by atoms with van der Waals surface area (Å²) in [7, 11) is 2.25. The highest BCUT2D eigenvalue weighted by Crippen LogP contribution is 2.23. The van der Waals surface area contributed by atoms with Gasteiger partial charge in [-0.2, -0.15) is 0 Å². The average Bonchev–Trinajstić information content (AvgIpc) is 3.03. The van der Waals surface area contributed by atoms with Gasteiger partial charge in [0.2, 0.25) is 0 Å². The summed E-state index contributed by atoms with van der Waals surface area (Å²) < 4.78 is 0. The number of aromatic amines is 1. The summed E-state index contributed by atoms with van der Waals surface area (Å²) >= 11 is 0. The summed E-state index contributed by atoms with van der Waals surface area (Å²) in [5, 5.41) is 5.24. The summed E-state index contributed by atoms with van der Waals surface area (Å²) in [6.07, 6.45) is 2.37. The Morgan fingerprint density at radius 3 is 2.81 bits per heavy atom. The van der Waals surface area contributed by atoms with Crippen molar-refractivity contribution in [2.45, 2.75) is 32.4 Å². The highest BCUT2D eigenvalue weighted by Gasteiger charge is 2.27. The normalized spacial score (nSPS) is 21.3. The van der Waals surface area contributed by atoms with Gasteiger partial charge in [0.1, 0.15) is 0 Å². The molecule has 3 heteroatoms. The second-order valence-corrected chi connectivity index (χ2v) is 7.82. The fraction of sp³-hybridized carbons (Fsp3) is 0.391. The molecule has 1 aromatic heterocycles. The lowest BCUT2D eigenvalue weighted by Crippen LogP contribution is -2.48. The Kier molecular flexibility index (Phi) is 5.09. The number of hydrogen-bond donors (Lipinski definition) is 2. The van der Waals surface area contributed by atoms with Crippen LogP contribution in [0.15, 0.2) is 54.6 Å². The van der Waals surface area contributed by atoms with E-state index in [4.69, 9.17) is 0 Å². The first kappa shape index (κ1) is 17.3. The lowest BCUT2D eigenvalue weighted by atomic mass is 9.86. The van der Waals surface area contributed by atoms with E-state index in [2.05, 4.69) is 83.8 Å². The van der Waals surface area contributed by atoms with Gasteiger partial charge in [-0.25, -0.2) is 0 Å². The summed E-state index contributed by atoms with van der Waals surface area (Å²) in [6, 6.07) is 20.3. The van der Waals surface area contributed by atoms with E-state index in [1.807, 2.05) is 0 Å². The predicted molar refractivity (Wildman–Crippen MR) is 109 cm³/mol. The molecule has 26 heavy (non-hydrogen) atoms. The maximum absolute atomic E-state index is 3.89. The lowest BCUT2D eigenvalue weighted by molar-refractivity contribution is 0.162. The third-order valence-electron chi connectivity index (χ3n) is 5.72. The quantitative estimate of drug-likeness (QED) is 0.727. The lowest BCUT2D eigenvalue weighted by Gasteiger charge is -2.37. The van der Waals surface area contributed by atoms with Crippen molar-refractivity contribution in [1.82, 2.24) is 15.2 Å². The molecule has 3 nitrogen and oxygen atoms in total. The van der Waals surface area contributed by atoms with Crippen LogP contribution in [0.2, 0.25) is 0 Å². The van der Waals surface area contributed by atoms with E-state index in [1.165, 1.54) is 47.2 Å². The monoisotopic (exact) mass is 347 g/mol. The van der Waals surface area contributed by atoms with Gasteiger partial charge >= 0.3 is 0 Å². The van der Waals surface area contributed by atoms with Crippen LogP contribution in [0.5, 0.6) is 0 Å². The standard InChI is InChI=1S/C23H29N3/c1-17-13-21-19(9-6-10-23(21)25-17)15-24-22-11-12-26(2)16-20(22)14-18-7-4-3-5-8-18/h3-10,13,20,22,24-25H,11-12,14-16H2,1-2H3/t20-,22+/m1/s1. The molecule has 0 unspecified atom stereocenters. The van der Waals surface area contributed by atoms with Crippen molar-refractivity contribution in [2.75, 3.05) is 20.1 Å². The van der Waals surface area contributed by atoms with Crippen LogP contribution in [0.25, 0.3) is 10.9 Å². The summed E-state index contributed by atoms with van der Waals surface area (Å²) in [4.78, 5) is 5.92. The molecule has 1 saturated heterocycles. The van der Waals surface area contributed by atoms with Crippen LogP contribution >= 0.6 is 0 Å². The Hall–Kier alpha value is -2.10. The first-order valence-electron chi connectivity index (χ1n) is 9.72. The van der Waals surface area contributed by atoms with E-state index >= 15 is 0 Å². The number of rotatable bonds is 5. The zero-order valence-corrected chi connectivity index (χ0v) is 15.8. The highest BCUT2D eigenvalue weighted by atomic mass is 15.1. The van der Waals surface area contributed by atoms with Crippen LogP contribution < -0.4 is 5.32 Å². The third kappa shape index (κ3) is 3.84. The zero-order valence-electron chi connectivity index (χ0n) is 15.8. The molecule has 0 bridgehead atoms. The molecule has 0 radical (unpaired) electrons. The van der Waals surface area contributed by atoms with Crippen molar-refractivity contribution in [3.05, 3.63) is 71.4 Å². The second kappa shape index (κ2) is 7.65. The molecule has 1 aliphatic heterocycles. The van der Waals surface area contributed by atoms with Crippen molar-refractivity contribution in [1.29, 1.82) is 0 Å². The number of piperidine rings is 1.